The van der Waals surface area contributed by atoms with Gasteiger partial charge in [0.2, 0.25) is 11.8 Å². The van der Waals surface area contributed by atoms with Crippen molar-refractivity contribution < 1.29 is 19.5 Å². The maximum absolute atomic E-state index is 14.0. The molecule has 1 unspecified atom stereocenters. The molecule has 1 fully saturated rings. The van der Waals surface area contributed by atoms with Gasteiger partial charge in [-0.15, -0.1) is 11.3 Å². The second kappa shape index (κ2) is 10.6. The van der Waals surface area contributed by atoms with E-state index in [0.29, 0.717) is 18.7 Å². The summed E-state index contributed by atoms with van der Waals surface area (Å²) in [4.78, 5) is 44.9. The molecule has 0 aliphatic carbocycles. The standard InChI is InChI=1S/C31H35N3O4S/c1-19-13-14-39-26(19)21-11-9-20(10-12-21)16-32-28(36)25-15-23(35)18-33(25)30(38)27(31(2,3)4)34-17-22-7-5-6-8-24(22)29(34)37/h5-14,23,25,27,35H,15-18H2,1-4H3,(H,32,36)/t23-,25+,27?/m1/s1. The largest absolute Gasteiger partial charge is 0.391 e. The zero-order valence-electron chi connectivity index (χ0n) is 22.8. The first-order valence-corrected chi connectivity index (χ1v) is 14.2. The highest BCUT2D eigenvalue weighted by Gasteiger charge is 2.48. The molecule has 0 saturated carbocycles. The zero-order valence-corrected chi connectivity index (χ0v) is 23.6. The smallest absolute Gasteiger partial charge is 0.255 e. The number of benzene rings is 2. The summed E-state index contributed by atoms with van der Waals surface area (Å²) in [5.41, 5.74) is 4.24. The highest BCUT2D eigenvalue weighted by molar-refractivity contribution is 7.13. The fourth-order valence-corrected chi connectivity index (χ4v) is 6.60. The molecule has 2 N–H and O–H groups in total. The number of hydrogen-bond donors (Lipinski definition) is 2. The fourth-order valence-electron chi connectivity index (χ4n) is 5.67. The van der Waals surface area contributed by atoms with E-state index in [9.17, 15) is 19.5 Å². The van der Waals surface area contributed by atoms with E-state index in [-0.39, 0.29) is 30.7 Å². The molecule has 0 radical (unpaired) electrons. The summed E-state index contributed by atoms with van der Waals surface area (Å²) in [7, 11) is 0. The van der Waals surface area contributed by atoms with Gasteiger partial charge in [-0.05, 0) is 52.1 Å². The first-order chi connectivity index (χ1) is 18.5. The SMILES string of the molecule is Cc1ccsc1-c1ccc(CNC(=O)[C@@H]2C[C@@H](O)CN2C(=O)C(N2Cc3ccccc3C2=O)C(C)(C)C)cc1. The van der Waals surface area contributed by atoms with Crippen LogP contribution in [0.3, 0.4) is 0 Å². The van der Waals surface area contributed by atoms with Crippen LogP contribution in [0.4, 0.5) is 0 Å². The van der Waals surface area contributed by atoms with E-state index in [1.807, 2.05) is 51.1 Å². The number of carbonyl (C=O) groups excluding carboxylic acids is 3. The van der Waals surface area contributed by atoms with Crippen molar-refractivity contribution in [1.29, 1.82) is 0 Å². The molecule has 3 heterocycles. The van der Waals surface area contributed by atoms with E-state index in [0.717, 1.165) is 16.7 Å². The molecule has 204 valence electrons. The van der Waals surface area contributed by atoms with E-state index in [1.165, 1.54) is 15.3 Å². The molecule has 3 atom stereocenters. The fraction of sp³-hybridized carbons (Fsp3) is 0.387. The molecule has 0 spiro atoms. The van der Waals surface area contributed by atoms with Crippen molar-refractivity contribution in [1.82, 2.24) is 15.1 Å². The highest BCUT2D eigenvalue weighted by atomic mass is 32.1. The number of thiophene rings is 1. The van der Waals surface area contributed by atoms with Gasteiger partial charge in [0.15, 0.2) is 0 Å². The van der Waals surface area contributed by atoms with Crippen LogP contribution < -0.4 is 5.32 Å². The Morgan fingerprint density at radius 2 is 1.82 bits per heavy atom. The van der Waals surface area contributed by atoms with E-state index < -0.39 is 23.6 Å². The summed E-state index contributed by atoms with van der Waals surface area (Å²) in [6.45, 7) is 8.59. The summed E-state index contributed by atoms with van der Waals surface area (Å²) in [5.74, 6) is -0.793. The van der Waals surface area contributed by atoms with Crippen LogP contribution in [0.5, 0.6) is 0 Å². The number of likely N-dealkylation sites (tertiary alicyclic amines) is 1. The summed E-state index contributed by atoms with van der Waals surface area (Å²) in [6, 6.07) is 16.0. The van der Waals surface area contributed by atoms with Crippen LogP contribution >= 0.6 is 11.3 Å². The van der Waals surface area contributed by atoms with Gasteiger partial charge >= 0.3 is 0 Å². The Kier molecular flexibility index (Phi) is 7.35. The summed E-state index contributed by atoms with van der Waals surface area (Å²) < 4.78 is 0. The van der Waals surface area contributed by atoms with Crippen LogP contribution in [0.25, 0.3) is 10.4 Å². The van der Waals surface area contributed by atoms with Gasteiger partial charge in [-0.1, -0.05) is 63.2 Å². The molecule has 3 amide bonds. The summed E-state index contributed by atoms with van der Waals surface area (Å²) in [5, 5.41) is 15.5. The number of amides is 3. The van der Waals surface area contributed by atoms with Gasteiger partial charge in [-0.2, -0.15) is 0 Å². The molecule has 3 aromatic rings. The van der Waals surface area contributed by atoms with Crippen LogP contribution in [-0.4, -0.2) is 57.4 Å². The molecule has 1 aromatic heterocycles. The van der Waals surface area contributed by atoms with Crippen LogP contribution in [0.2, 0.25) is 0 Å². The molecule has 1 saturated heterocycles. The number of fused-ring (bicyclic) bond motifs is 1. The minimum absolute atomic E-state index is 0.0628. The molecular formula is C31H35N3O4S. The molecule has 2 aromatic carbocycles. The van der Waals surface area contributed by atoms with E-state index in [4.69, 9.17) is 0 Å². The van der Waals surface area contributed by atoms with Gasteiger partial charge in [-0.25, -0.2) is 0 Å². The molecule has 2 aliphatic rings. The minimum atomic E-state index is -0.801. The van der Waals surface area contributed by atoms with Crippen molar-refractivity contribution in [3.8, 4) is 10.4 Å². The Bertz CT molecular complexity index is 1390. The maximum Gasteiger partial charge on any atom is 0.255 e. The Labute approximate surface area is 233 Å². The number of carbonyl (C=O) groups is 3. The minimum Gasteiger partial charge on any atom is -0.391 e. The number of aliphatic hydroxyl groups is 1. The normalized spacial score (nSPS) is 19.8. The van der Waals surface area contributed by atoms with Crippen molar-refractivity contribution in [3.63, 3.8) is 0 Å². The molecular weight excluding hydrogens is 510 g/mol. The molecule has 0 bridgehead atoms. The number of hydrogen-bond acceptors (Lipinski definition) is 5. The van der Waals surface area contributed by atoms with Crippen LogP contribution in [0.1, 0.15) is 54.2 Å². The first kappa shape index (κ1) is 27.1. The number of nitrogens with one attached hydrogen (secondary N) is 1. The lowest BCUT2D eigenvalue weighted by atomic mass is 9.84. The van der Waals surface area contributed by atoms with E-state index in [1.54, 1.807) is 22.3 Å². The van der Waals surface area contributed by atoms with Crippen molar-refractivity contribution >= 4 is 29.1 Å². The number of β-amino-alcohol motifs (C(OH)–C–C–N with tert-alkyl or cyclic N) is 1. The average Bonchev–Trinajstić information content (AvgIpc) is 3.59. The first-order valence-electron chi connectivity index (χ1n) is 13.3. The lowest BCUT2D eigenvalue weighted by Crippen LogP contribution is -2.57. The molecule has 7 nitrogen and oxygen atoms in total. The monoisotopic (exact) mass is 545 g/mol. The Morgan fingerprint density at radius 3 is 2.46 bits per heavy atom. The highest BCUT2D eigenvalue weighted by Crippen LogP contribution is 2.35. The van der Waals surface area contributed by atoms with Gasteiger partial charge in [0.05, 0.1) is 6.10 Å². The van der Waals surface area contributed by atoms with Crippen LogP contribution in [0, 0.1) is 12.3 Å². The van der Waals surface area contributed by atoms with Gasteiger partial charge in [0.1, 0.15) is 12.1 Å². The lowest BCUT2D eigenvalue weighted by Gasteiger charge is -2.40. The predicted molar refractivity (Wildman–Crippen MR) is 152 cm³/mol. The second-order valence-corrected chi connectivity index (χ2v) is 12.5. The number of aliphatic hydroxyl groups excluding tert-OH is 1. The topological polar surface area (TPSA) is 89.9 Å². The van der Waals surface area contributed by atoms with Crippen LogP contribution in [-0.2, 0) is 22.7 Å². The Morgan fingerprint density at radius 1 is 1.10 bits per heavy atom. The third-order valence-corrected chi connectivity index (χ3v) is 8.69. The average molecular weight is 546 g/mol. The van der Waals surface area contributed by atoms with E-state index in [2.05, 4.69) is 35.8 Å². The Balaban J connectivity index is 1.30. The lowest BCUT2D eigenvalue weighted by molar-refractivity contribution is -0.145. The summed E-state index contributed by atoms with van der Waals surface area (Å²) >= 11 is 1.70. The molecule has 8 heteroatoms. The van der Waals surface area contributed by atoms with Gasteiger partial charge < -0.3 is 20.2 Å². The van der Waals surface area contributed by atoms with Crippen molar-refractivity contribution in [2.45, 2.75) is 65.4 Å². The maximum atomic E-state index is 14.0. The van der Waals surface area contributed by atoms with Crippen LogP contribution in [0.15, 0.2) is 60.0 Å². The number of nitrogens with zero attached hydrogens (tertiary/aromatic N) is 2. The predicted octanol–water partition coefficient (Wildman–Crippen LogP) is 4.37. The molecule has 2 aliphatic heterocycles. The van der Waals surface area contributed by atoms with Gasteiger partial charge in [0.25, 0.3) is 5.91 Å². The third-order valence-electron chi connectivity index (χ3n) is 7.62. The molecule has 39 heavy (non-hydrogen) atoms. The van der Waals surface area contributed by atoms with Crippen molar-refractivity contribution in [2.24, 2.45) is 5.41 Å². The van der Waals surface area contributed by atoms with Crippen molar-refractivity contribution in [3.05, 3.63) is 82.2 Å². The number of rotatable bonds is 6. The Hall–Kier alpha value is -3.49. The zero-order chi connectivity index (χ0) is 27.9. The molecule has 5 rings (SSSR count). The third kappa shape index (κ3) is 5.36. The van der Waals surface area contributed by atoms with Gasteiger partial charge in [0, 0.05) is 36.5 Å². The van der Waals surface area contributed by atoms with E-state index >= 15 is 0 Å². The van der Waals surface area contributed by atoms with Crippen molar-refractivity contribution in [2.75, 3.05) is 6.54 Å². The number of aryl methyl sites for hydroxylation is 1. The quantitative estimate of drug-likeness (QED) is 0.481. The second-order valence-electron chi connectivity index (χ2n) is 11.6. The van der Waals surface area contributed by atoms with Gasteiger partial charge in [-0.3, -0.25) is 14.4 Å². The summed E-state index contributed by atoms with van der Waals surface area (Å²) in [6.07, 6.45) is -0.635.